The van der Waals surface area contributed by atoms with E-state index in [1.54, 1.807) is 18.3 Å². The van der Waals surface area contributed by atoms with Gasteiger partial charge in [0.25, 0.3) is 5.91 Å². The second kappa shape index (κ2) is 9.00. The molecule has 0 unspecified atom stereocenters. The van der Waals surface area contributed by atoms with Gasteiger partial charge in [0.1, 0.15) is 11.7 Å². The average Bonchev–Trinajstić information content (AvgIpc) is 2.96. The van der Waals surface area contributed by atoms with E-state index in [1.807, 2.05) is 0 Å². The van der Waals surface area contributed by atoms with E-state index in [4.69, 9.17) is 0 Å². The third-order valence-electron chi connectivity index (χ3n) is 4.65. The van der Waals surface area contributed by atoms with E-state index in [-0.39, 0.29) is 11.7 Å². The number of carbonyl (C=O) groups is 1. The number of carbonyl (C=O) groups excluding carboxylic acids is 1. The number of piperazine rings is 1. The summed E-state index contributed by atoms with van der Waals surface area (Å²) in [6.07, 6.45) is 3.40. The van der Waals surface area contributed by atoms with E-state index in [9.17, 15) is 9.18 Å². The Morgan fingerprint density at radius 3 is 2.73 bits per heavy atom. The molecule has 2 aliphatic rings. The van der Waals surface area contributed by atoms with Gasteiger partial charge in [-0.15, -0.1) is 0 Å². The van der Waals surface area contributed by atoms with Gasteiger partial charge in [0.05, 0.1) is 17.9 Å². The third kappa shape index (κ3) is 4.53. The topological polar surface area (TPSA) is 60.3 Å². The van der Waals surface area contributed by atoms with Gasteiger partial charge in [-0.2, -0.15) is 10.1 Å². The van der Waals surface area contributed by atoms with Crippen LogP contribution in [0.15, 0.2) is 34.4 Å². The first-order valence-electron chi connectivity index (χ1n) is 9.29. The summed E-state index contributed by atoms with van der Waals surface area (Å²) in [6.45, 7) is 7.76. The zero-order valence-corrected chi connectivity index (χ0v) is 15.2. The normalized spacial score (nSPS) is 21.6. The molecule has 0 saturated carbocycles. The first kappa shape index (κ1) is 18.7. The lowest BCUT2D eigenvalue weighted by molar-refractivity contribution is -0.118. The molecule has 1 fully saturated rings. The fraction of sp³-hybridized carbons (Fsp3) is 0.526. The molecule has 6 nitrogen and oxygen atoms in total. The van der Waals surface area contributed by atoms with E-state index in [0.717, 1.165) is 51.3 Å². The Kier molecular flexibility index (Phi) is 6.46. The van der Waals surface area contributed by atoms with Crippen molar-refractivity contribution in [1.82, 2.24) is 10.2 Å². The Balaban J connectivity index is 1.63. The van der Waals surface area contributed by atoms with Crippen molar-refractivity contribution < 1.29 is 9.18 Å². The quantitative estimate of drug-likeness (QED) is 0.757. The summed E-state index contributed by atoms with van der Waals surface area (Å²) in [4.78, 5) is 19.6. The lowest BCUT2D eigenvalue weighted by atomic mass is 10.0. The molecule has 26 heavy (non-hydrogen) atoms. The number of hydrogen-bond donors (Lipinski definition) is 1. The van der Waals surface area contributed by atoms with Gasteiger partial charge in [-0.1, -0.05) is 13.3 Å². The van der Waals surface area contributed by atoms with Crippen molar-refractivity contribution in [3.8, 4) is 0 Å². The van der Waals surface area contributed by atoms with Crippen LogP contribution >= 0.6 is 0 Å². The van der Waals surface area contributed by atoms with Crippen LogP contribution in [-0.4, -0.2) is 62.0 Å². The van der Waals surface area contributed by atoms with Crippen molar-refractivity contribution in [2.24, 2.45) is 16.0 Å². The molecular weight excluding hydrogens is 333 g/mol. The number of halogens is 1. The molecular formula is C19H26FN5O. The molecule has 0 radical (unpaired) electrons. The molecule has 1 amide bonds. The lowest BCUT2D eigenvalue weighted by Crippen LogP contribution is -2.44. The van der Waals surface area contributed by atoms with E-state index in [1.165, 1.54) is 17.1 Å². The van der Waals surface area contributed by atoms with Crippen LogP contribution in [0, 0.1) is 11.7 Å². The summed E-state index contributed by atoms with van der Waals surface area (Å²) < 4.78 is 13.1. The van der Waals surface area contributed by atoms with Crippen LogP contribution in [0.5, 0.6) is 0 Å². The molecule has 1 aromatic rings. The number of hydrogen-bond acceptors (Lipinski definition) is 5. The number of anilines is 1. The van der Waals surface area contributed by atoms with E-state index >= 15 is 0 Å². The van der Waals surface area contributed by atoms with Gasteiger partial charge in [-0.25, -0.2) is 4.39 Å². The van der Waals surface area contributed by atoms with Crippen LogP contribution in [0.3, 0.4) is 0 Å². The van der Waals surface area contributed by atoms with Gasteiger partial charge in [-0.05, 0) is 30.7 Å². The number of nitrogens with one attached hydrogen (secondary N) is 1. The number of hydrazone groups is 1. The van der Waals surface area contributed by atoms with Crippen molar-refractivity contribution in [3.63, 3.8) is 0 Å². The molecule has 0 spiro atoms. The molecule has 3 rings (SSSR count). The SMILES string of the molecule is CCCC1=NN(c2ccc(F)cc2)C(=O)[C@@H]1C=NCCN1CCNCC1. The number of aliphatic imine (C=N–C) groups is 1. The largest absolute Gasteiger partial charge is 0.314 e. The fourth-order valence-corrected chi connectivity index (χ4v) is 3.21. The standard InChI is InChI=1S/C19H26FN5O/c1-2-3-18-17(14-22-10-13-24-11-8-21-9-12-24)19(26)25(23-18)16-6-4-15(20)5-7-16/h4-7,14,17,21H,2-3,8-13H2,1H3/t17-/m1/s1. The highest BCUT2D eigenvalue weighted by Crippen LogP contribution is 2.25. The minimum Gasteiger partial charge on any atom is -0.314 e. The van der Waals surface area contributed by atoms with E-state index in [0.29, 0.717) is 12.2 Å². The van der Waals surface area contributed by atoms with Crippen LogP contribution in [0.1, 0.15) is 19.8 Å². The highest BCUT2D eigenvalue weighted by atomic mass is 19.1. The molecule has 0 bridgehead atoms. The first-order valence-corrected chi connectivity index (χ1v) is 9.29. The summed E-state index contributed by atoms with van der Waals surface area (Å²) in [5.41, 5.74) is 1.41. The van der Waals surface area contributed by atoms with Gasteiger partial charge < -0.3 is 5.32 Å². The van der Waals surface area contributed by atoms with Crippen LogP contribution < -0.4 is 10.3 Å². The zero-order chi connectivity index (χ0) is 18.4. The monoisotopic (exact) mass is 359 g/mol. The Bertz CT molecular complexity index is 667. The van der Waals surface area contributed by atoms with Crippen molar-refractivity contribution in [2.75, 3.05) is 44.3 Å². The lowest BCUT2D eigenvalue weighted by Gasteiger charge is -2.26. The first-order chi connectivity index (χ1) is 12.7. The van der Waals surface area contributed by atoms with Gasteiger partial charge in [0, 0.05) is 38.9 Å². The summed E-state index contributed by atoms with van der Waals surface area (Å²) in [5, 5.41) is 9.18. The number of benzene rings is 1. The predicted octanol–water partition coefficient (Wildman–Crippen LogP) is 1.92. The van der Waals surface area contributed by atoms with Crippen molar-refractivity contribution >= 4 is 23.5 Å². The van der Waals surface area contributed by atoms with Crippen LogP contribution in [0.4, 0.5) is 10.1 Å². The van der Waals surface area contributed by atoms with Gasteiger partial charge in [0.2, 0.25) is 0 Å². The minimum absolute atomic E-state index is 0.119. The van der Waals surface area contributed by atoms with Gasteiger partial charge in [0.15, 0.2) is 0 Å². The third-order valence-corrected chi connectivity index (χ3v) is 4.65. The number of amides is 1. The zero-order valence-electron chi connectivity index (χ0n) is 15.2. The molecule has 0 aliphatic carbocycles. The maximum Gasteiger partial charge on any atom is 0.261 e. The molecule has 7 heteroatoms. The molecule has 140 valence electrons. The number of nitrogens with zero attached hydrogens (tertiary/aromatic N) is 4. The van der Waals surface area contributed by atoms with Gasteiger partial charge >= 0.3 is 0 Å². The summed E-state index contributed by atoms with van der Waals surface area (Å²) in [7, 11) is 0. The molecule has 1 atom stereocenters. The van der Waals surface area contributed by atoms with Gasteiger partial charge in [-0.3, -0.25) is 14.7 Å². The smallest absolute Gasteiger partial charge is 0.261 e. The van der Waals surface area contributed by atoms with Crippen molar-refractivity contribution in [2.45, 2.75) is 19.8 Å². The average molecular weight is 359 g/mol. The summed E-state index contributed by atoms with van der Waals surface area (Å²) in [5.74, 6) is -0.863. The Morgan fingerprint density at radius 1 is 1.31 bits per heavy atom. The Hall–Kier alpha value is -2.12. The molecule has 0 aromatic heterocycles. The minimum atomic E-state index is -0.414. The molecule has 1 N–H and O–H groups in total. The molecule has 2 aliphatic heterocycles. The second-order valence-corrected chi connectivity index (χ2v) is 6.59. The van der Waals surface area contributed by atoms with E-state index in [2.05, 4.69) is 27.2 Å². The maximum atomic E-state index is 13.1. The van der Waals surface area contributed by atoms with Crippen LogP contribution in [0.2, 0.25) is 0 Å². The molecule has 2 heterocycles. The Labute approximate surface area is 153 Å². The molecule has 1 saturated heterocycles. The fourth-order valence-electron chi connectivity index (χ4n) is 3.21. The second-order valence-electron chi connectivity index (χ2n) is 6.59. The van der Waals surface area contributed by atoms with Crippen molar-refractivity contribution in [3.05, 3.63) is 30.1 Å². The maximum absolute atomic E-state index is 13.1. The summed E-state index contributed by atoms with van der Waals surface area (Å²) >= 11 is 0. The predicted molar refractivity (Wildman–Crippen MR) is 102 cm³/mol. The molecule has 1 aromatic carbocycles. The van der Waals surface area contributed by atoms with E-state index < -0.39 is 5.92 Å². The highest BCUT2D eigenvalue weighted by molar-refractivity contribution is 6.24. The summed E-state index contributed by atoms with van der Waals surface area (Å²) in [6, 6.07) is 5.83. The highest BCUT2D eigenvalue weighted by Gasteiger charge is 2.34. The van der Waals surface area contributed by atoms with Crippen molar-refractivity contribution in [1.29, 1.82) is 0 Å². The number of rotatable bonds is 7. The van der Waals surface area contributed by atoms with Crippen LogP contribution in [-0.2, 0) is 4.79 Å². The van der Waals surface area contributed by atoms with Crippen LogP contribution in [0.25, 0.3) is 0 Å². The Morgan fingerprint density at radius 2 is 2.04 bits per heavy atom.